The average molecular weight is 289 g/mol. The van der Waals surface area contributed by atoms with Crippen LogP contribution in [0.4, 0.5) is 0 Å². The predicted molar refractivity (Wildman–Crippen MR) is 82.0 cm³/mol. The fourth-order valence-electron chi connectivity index (χ4n) is 1.99. The summed E-state index contributed by atoms with van der Waals surface area (Å²) in [7, 11) is 0. The molecule has 0 fully saturated rings. The number of rotatable bonds is 8. The molecule has 1 atom stereocenters. The van der Waals surface area contributed by atoms with Gasteiger partial charge in [0.05, 0.1) is 12.5 Å². The quantitative estimate of drug-likeness (QED) is 0.719. The van der Waals surface area contributed by atoms with Crippen molar-refractivity contribution in [3.8, 4) is 11.8 Å². The van der Waals surface area contributed by atoms with Crippen molar-refractivity contribution >= 4 is 5.91 Å². The molecule has 0 aliphatic rings. The van der Waals surface area contributed by atoms with Crippen molar-refractivity contribution in [2.75, 3.05) is 19.7 Å². The third kappa shape index (κ3) is 5.84. The summed E-state index contributed by atoms with van der Waals surface area (Å²) in [5.74, 6) is 0.507. The molecule has 5 nitrogen and oxygen atoms in total. The lowest BCUT2D eigenvalue weighted by Gasteiger charge is -2.18. The van der Waals surface area contributed by atoms with Crippen molar-refractivity contribution < 1.29 is 9.53 Å². The van der Waals surface area contributed by atoms with E-state index in [9.17, 15) is 4.79 Å². The van der Waals surface area contributed by atoms with Crippen molar-refractivity contribution in [2.24, 2.45) is 0 Å². The number of hydrogen-bond acceptors (Lipinski definition) is 4. The largest absolute Gasteiger partial charge is 0.483 e. The van der Waals surface area contributed by atoms with Crippen LogP contribution < -0.4 is 15.4 Å². The first kappa shape index (κ1) is 17.0. The molecule has 0 aliphatic carbocycles. The van der Waals surface area contributed by atoms with Crippen LogP contribution in [0.15, 0.2) is 18.2 Å². The standard InChI is InChI=1S/C16H23N3O2/c1-4-18-13(3)14-7-6-12(2)10-15(14)21-11-16(20)19-9-5-8-17/h6-7,10,13,18H,4-5,9,11H2,1-3H3,(H,19,20). The summed E-state index contributed by atoms with van der Waals surface area (Å²) in [5, 5.41) is 14.4. The van der Waals surface area contributed by atoms with Crippen LogP contribution in [0.2, 0.25) is 0 Å². The molecule has 0 spiro atoms. The number of nitrogens with zero attached hydrogens (tertiary/aromatic N) is 1. The van der Waals surface area contributed by atoms with E-state index in [1.54, 1.807) is 0 Å². The topological polar surface area (TPSA) is 74.2 Å². The molecule has 1 unspecified atom stereocenters. The molecule has 1 amide bonds. The second-order valence-electron chi connectivity index (χ2n) is 4.87. The van der Waals surface area contributed by atoms with Crippen LogP contribution in [0.5, 0.6) is 5.75 Å². The Hall–Kier alpha value is -2.06. The summed E-state index contributed by atoms with van der Waals surface area (Å²) in [5.41, 5.74) is 2.12. The molecule has 1 aromatic carbocycles. The van der Waals surface area contributed by atoms with Gasteiger partial charge in [0.15, 0.2) is 6.61 Å². The Balaban J connectivity index is 2.66. The van der Waals surface area contributed by atoms with E-state index in [0.29, 0.717) is 13.0 Å². The number of aryl methyl sites for hydroxylation is 1. The molecule has 21 heavy (non-hydrogen) atoms. The predicted octanol–water partition coefficient (Wildman–Crippen LogP) is 2.07. The lowest BCUT2D eigenvalue weighted by molar-refractivity contribution is -0.123. The fourth-order valence-corrected chi connectivity index (χ4v) is 1.99. The summed E-state index contributed by atoms with van der Waals surface area (Å²) in [6.45, 7) is 7.28. The molecule has 0 aliphatic heterocycles. The monoisotopic (exact) mass is 289 g/mol. The lowest BCUT2D eigenvalue weighted by Crippen LogP contribution is -2.30. The first-order valence-electron chi connectivity index (χ1n) is 7.18. The Labute approximate surface area is 126 Å². The normalized spacial score (nSPS) is 11.5. The smallest absolute Gasteiger partial charge is 0.257 e. The zero-order valence-electron chi connectivity index (χ0n) is 12.9. The number of nitriles is 1. The molecule has 0 saturated heterocycles. The summed E-state index contributed by atoms with van der Waals surface area (Å²) >= 11 is 0. The van der Waals surface area contributed by atoms with Crippen molar-refractivity contribution in [3.05, 3.63) is 29.3 Å². The number of carbonyl (C=O) groups is 1. The molecule has 0 heterocycles. The van der Waals surface area contributed by atoms with Crippen LogP contribution in [0.1, 0.15) is 37.4 Å². The van der Waals surface area contributed by atoms with Crippen molar-refractivity contribution in [1.82, 2.24) is 10.6 Å². The van der Waals surface area contributed by atoms with Gasteiger partial charge < -0.3 is 15.4 Å². The van der Waals surface area contributed by atoms with Crippen molar-refractivity contribution in [3.63, 3.8) is 0 Å². The van der Waals surface area contributed by atoms with Crippen molar-refractivity contribution in [1.29, 1.82) is 5.26 Å². The summed E-state index contributed by atoms with van der Waals surface area (Å²) in [6, 6.07) is 8.12. The molecule has 5 heteroatoms. The Bertz CT molecular complexity index is 509. The fraction of sp³-hybridized carbons (Fsp3) is 0.500. The Morgan fingerprint density at radius 1 is 1.48 bits per heavy atom. The molecule has 0 bridgehead atoms. The SMILES string of the molecule is CCNC(C)c1ccc(C)cc1OCC(=O)NCCC#N. The van der Waals surface area contributed by atoms with E-state index in [2.05, 4.69) is 17.6 Å². The first-order valence-corrected chi connectivity index (χ1v) is 7.18. The van der Waals surface area contributed by atoms with E-state index in [0.717, 1.165) is 23.4 Å². The minimum absolute atomic E-state index is 0.0409. The number of hydrogen-bond donors (Lipinski definition) is 2. The Morgan fingerprint density at radius 2 is 2.24 bits per heavy atom. The van der Waals surface area contributed by atoms with Crippen LogP contribution in [0.25, 0.3) is 0 Å². The molecule has 2 N–H and O–H groups in total. The van der Waals surface area contributed by atoms with Gasteiger partial charge in [-0.3, -0.25) is 4.79 Å². The van der Waals surface area contributed by atoms with Gasteiger partial charge in [-0.1, -0.05) is 19.1 Å². The Morgan fingerprint density at radius 3 is 2.90 bits per heavy atom. The number of ether oxygens (including phenoxy) is 1. The summed E-state index contributed by atoms with van der Waals surface area (Å²) in [6.07, 6.45) is 0.304. The van der Waals surface area contributed by atoms with E-state index in [1.165, 1.54) is 0 Å². The highest BCUT2D eigenvalue weighted by molar-refractivity contribution is 5.77. The maximum Gasteiger partial charge on any atom is 0.257 e. The number of carbonyl (C=O) groups excluding carboxylic acids is 1. The molecular weight excluding hydrogens is 266 g/mol. The van der Waals surface area contributed by atoms with Crippen LogP contribution in [0, 0.1) is 18.3 Å². The molecule has 0 radical (unpaired) electrons. The minimum atomic E-state index is -0.214. The van der Waals surface area contributed by atoms with E-state index >= 15 is 0 Å². The molecule has 1 rings (SSSR count). The van der Waals surface area contributed by atoms with Crippen LogP contribution in [-0.4, -0.2) is 25.6 Å². The number of benzene rings is 1. The van der Waals surface area contributed by atoms with Crippen LogP contribution in [-0.2, 0) is 4.79 Å². The second-order valence-corrected chi connectivity index (χ2v) is 4.87. The van der Waals surface area contributed by atoms with Crippen LogP contribution in [0.3, 0.4) is 0 Å². The molecule has 114 valence electrons. The highest BCUT2D eigenvalue weighted by atomic mass is 16.5. The zero-order chi connectivity index (χ0) is 15.7. The van der Waals surface area contributed by atoms with E-state index in [4.69, 9.17) is 10.00 Å². The van der Waals surface area contributed by atoms with Gasteiger partial charge in [-0.2, -0.15) is 5.26 Å². The molecule has 0 saturated carbocycles. The van der Waals surface area contributed by atoms with Gasteiger partial charge in [0.2, 0.25) is 0 Å². The third-order valence-corrected chi connectivity index (χ3v) is 3.06. The summed E-state index contributed by atoms with van der Waals surface area (Å²) < 4.78 is 5.64. The third-order valence-electron chi connectivity index (χ3n) is 3.06. The van der Waals surface area contributed by atoms with Gasteiger partial charge in [-0.15, -0.1) is 0 Å². The zero-order valence-corrected chi connectivity index (χ0v) is 12.9. The first-order chi connectivity index (χ1) is 10.1. The molecule has 0 aromatic heterocycles. The van der Waals surface area contributed by atoms with Gasteiger partial charge in [0.1, 0.15) is 5.75 Å². The number of amides is 1. The maximum absolute atomic E-state index is 11.6. The second kappa shape index (κ2) is 8.98. The summed E-state index contributed by atoms with van der Waals surface area (Å²) in [4.78, 5) is 11.6. The van der Waals surface area contributed by atoms with Crippen LogP contribution >= 0.6 is 0 Å². The molecular formula is C16H23N3O2. The van der Waals surface area contributed by atoms with Gasteiger partial charge in [0, 0.05) is 18.2 Å². The van der Waals surface area contributed by atoms with E-state index in [1.807, 2.05) is 38.1 Å². The van der Waals surface area contributed by atoms with E-state index in [-0.39, 0.29) is 18.6 Å². The van der Waals surface area contributed by atoms with E-state index < -0.39 is 0 Å². The minimum Gasteiger partial charge on any atom is -0.483 e. The van der Waals surface area contributed by atoms with Gasteiger partial charge >= 0.3 is 0 Å². The van der Waals surface area contributed by atoms with Gasteiger partial charge in [-0.25, -0.2) is 0 Å². The highest BCUT2D eigenvalue weighted by Gasteiger charge is 2.12. The highest BCUT2D eigenvalue weighted by Crippen LogP contribution is 2.26. The average Bonchev–Trinajstić information content (AvgIpc) is 2.45. The number of nitrogens with one attached hydrogen (secondary N) is 2. The van der Waals surface area contributed by atoms with Crippen molar-refractivity contribution in [2.45, 2.75) is 33.2 Å². The van der Waals surface area contributed by atoms with Gasteiger partial charge in [0.25, 0.3) is 5.91 Å². The molecule has 1 aromatic rings. The lowest BCUT2D eigenvalue weighted by atomic mass is 10.0. The van der Waals surface area contributed by atoms with Gasteiger partial charge in [-0.05, 0) is 32.0 Å². The maximum atomic E-state index is 11.6. The Kier molecular flexibility index (Phi) is 7.27.